The lowest BCUT2D eigenvalue weighted by Crippen LogP contribution is -2.19. The molecule has 1 heterocycles. The third-order valence-corrected chi connectivity index (χ3v) is 2.49. The van der Waals surface area contributed by atoms with Crippen LogP contribution in [0.3, 0.4) is 0 Å². The third-order valence-electron chi connectivity index (χ3n) is 2.49. The number of hydrogen-bond acceptors (Lipinski definition) is 4. The SMILES string of the molecule is CC(OCc1ncc(-c2ccc(F)cc2)o1)C(=O)O. The maximum absolute atomic E-state index is 12.8. The number of carboxylic acid groups (broad SMARTS) is 1. The Morgan fingerprint density at radius 1 is 1.47 bits per heavy atom. The van der Waals surface area contributed by atoms with Gasteiger partial charge in [-0.15, -0.1) is 0 Å². The highest BCUT2D eigenvalue weighted by atomic mass is 19.1. The minimum Gasteiger partial charge on any atom is -0.479 e. The molecule has 0 bridgehead atoms. The molecule has 1 N–H and O–H groups in total. The third kappa shape index (κ3) is 3.38. The summed E-state index contributed by atoms with van der Waals surface area (Å²) in [6, 6.07) is 5.78. The first-order chi connectivity index (χ1) is 9.06. The lowest BCUT2D eigenvalue weighted by Gasteiger charge is -2.05. The van der Waals surface area contributed by atoms with Gasteiger partial charge in [0.25, 0.3) is 0 Å². The Hall–Kier alpha value is -2.21. The van der Waals surface area contributed by atoms with Gasteiger partial charge in [-0.05, 0) is 31.2 Å². The van der Waals surface area contributed by atoms with Gasteiger partial charge in [0.15, 0.2) is 11.9 Å². The fraction of sp³-hybridized carbons (Fsp3) is 0.231. The number of nitrogens with zero attached hydrogens (tertiary/aromatic N) is 1. The molecule has 2 aromatic rings. The molecular formula is C13H12FNO4. The van der Waals surface area contributed by atoms with E-state index in [1.807, 2.05) is 0 Å². The molecule has 100 valence electrons. The van der Waals surface area contributed by atoms with Crippen LogP contribution in [0.2, 0.25) is 0 Å². The van der Waals surface area contributed by atoms with E-state index in [2.05, 4.69) is 4.98 Å². The lowest BCUT2D eigenvalue weighted by molar-refractivity contribution is -0.150. The van der Waals surface area contributed by atoms with E-state index in [0.29, 0.717) is 11.3 Å². The van der Waals surface area contributed by atoms with Crippen LogP contribution < -0.4 is 0 Å². The molecule has 1 atom stereocenters. The molecule has 1 aromatic heterocycles. The maximum atomic E-state index is 12.8. The predicted molar refractivity (Wildman–Crippen MR) is 63.8 cm³/mol. The molecular weight excluding hydrogens is 253 g/mol. The number of ether oxygens (including phenoxy) is 1. The summed E-state index contributed by atoms with van der Waals surface area (Å²) in [6.07, 6.45) is 0.554. The van der Waals surface area contributed by atoms with E-state index in [4.69, 9.17) is 14.3 Å². The van der Waals surface area contributed by atoms with E-state index in [1.54, 1.807) is 12.1 Å². The first-order valence-corrected chi connectivity index (χ1v) is 5.61. The second-order valence-electron chi connectivity index (χ2n) is 3.92. The zero-order valence-corrected chi connectivity index (χ0v) is 10.2. The first-order valence-electron chi connectivity index (χ1n) is 5.61. The summed E-state index contributed by atoms with van der Waals surface area (Å²) < 4.78 is 23.2. The van der Waals surface area contributed by atoms with E-state index in [0.717, 1.165) is 0 Å². The first kappa shape index (κ1) is 13.2. The molecule has 1 aromatic carbocycles. The summed E-state index contributed by atoms with van der Waals surface area (Å²) in [5, 5.41) is 8.66. The van der Waals surface area contributed by atoms with Crippen LogP contribution in [-0.2, 0) is 16.1 Å². The Bertz CT molecular complexity index is 564. The highest BCUT2D eigenvalue weighted by Crippen LogP contribution is 2.21. The van der Waals surface area contributed by atoms with Gasteiger partial charge in [0.2, 0.25) is 5.89 Å². The van der Waals surface area contributed by atoms with Crippen LogP contribution in [0.15, 0.2) is 34.9 Å². The van der Waals surface area contributed by atoms with Crippen molar-refractivity contribution in [3.63, 3.8) is 0 Å². The number of aromatic nitrogens is 1. The van der Waals surface area contributed by atoms with E-state index in [1.165, 1.54) is 25.3 Å². The van der Waals surface area contributed by atoms with Gasteiger partial charge in [-0.1, -0.05) is 0 Å². The number of aliphatic carboxylic acids is 1. The number of rotatable bonds is 5. The van der Waals surface area contributed by atoms with Crippen LogP contribution in [0.4, 0.5) is 4.39 Å². The van der Waals surface area contributed by atoms with Crippen LogP contribution in [0.5, 0.6) is 0 Å². The largest absolute Gasteiger partial charge is 0.479 e. The second-order valence-corrected chi connectivity index (χ2v) is 3.92. The van der Waals surface area contributed by atoms with Crippen molar-refractivity contribution >= 4 is 5.97 Å². The van der Waals surface area contributed by atoms with Gasteiger partial charge in [0.1, 0.15) is 12.4 Å². The summed E-state index contributed by atoms with van der Waals surface area (Å²) in [5.74, 6) is -0.638. The average molecular weight is 265 g/mol. The van der Waals surface area contributed by atoms with Crippen molar-refractivity contribution in [1.29, 1.82) is 0 Å². The van der Waals surface area contributed by atoms with Gasteiger partial charge in [0.05, 0.1) is 6.20 Å². The van der Waals surface area contributed by atoms with E-state index in [9.17, 15) is 9.18 Å². The molecule has 6 heteroatoms. The van der Waals surface area contributed by atoms with Crippen molar-refractivity contribution in [2.45, 2.75) is 19.6 Å². The average Bonchev–Trinajstić information content (AvgIpc) is 2.85. The zero-order valence-electron chi connectivity index (χ0n) is 10.2. The lowest BCUT2D eigenvalue weighted by atomic mass is 10.2. The number of oxazole rings is 1. The smallest absolute Gasteiger partial charge is 0.332 e. The van der Waals surface area contributed by atoms with E-state index < -0.39 is 12.1 Å². The van der Waals surface area contributed by atoms with Crippen LogP contribution in [-0.4, -0.2) is 22.2 Å². The Morgan fingerprint density at radius 3 is 2.79 bits per heavy atom. The zero-order chi connectivity index (χ0) is 13.8. The fourth-order valence-corrected chi connectivity index (χ4v) is 1.39. The Labute approximate surface area is 108 Å². The summed E-state index contributed by atoms with van der Waals surface area (Å²) in [6.45, 7) is 1.39. The minimum atomic E-state index is -1.05. The molecule has 19 heavy (non-hydrogen) atoms. The molecule has 0 aliphatic carbocycles. The molecule has 0 fully saturated rings. The van der Waals surface area contributed by atoms with Gasteiger partial charge in [-0.3, -0.25) is 0 Å². The van der Waals surface area contributed by atoms with Gasteiger partial charge >= 0.3 is 5.97 Å². The number of carboxylic acids is 1. The number of hydrogen-bond donors (Lipinski definition) is 1. The maximum Gasteiger partial charge on any atom is 0.332 e. The van der Waals surface area contributed by atoms with Crippen molar-refractivity contribution in [1.82, 2.24) is 4.98 Å². The second kappa shape index (κ2) is 5.62. The molecule has 5 nitrogen and oxygen atoms in total. The van der Waals surface area contributed by atoms with Crippen molar-refractivity contribution in [3.8, 4) is 11.3 Å². The molecule has 0 amide bonds. The quantitative estimate of drug-likeness (QED) is 0.899. The molecule has 0 saturated carbocycles. The molecule has 1 unspecified atom stereocenters. The topological polar surface area (TPSA) is 72.6 Å². The van der Waals surface area contributed by atoms with Crippen LogP contribution in [0.1, 0.15) is 12.8 Å². The highest BCUT2D eigenvalue weighted by Gasteiger charge is 2.13. The van der Waals surface area contributed by atoms with Crippen molar-refractivity contribution in [3.05, 3.63) is 42.2 Å². The molecule has 0 saturated heterocycles. The number of halogens is 1. The highest BCUT2D eigenvalue weighted by molar-refractivity contribution is 5.71. The minimum absolute atomic E-state index is 0.0331. The molecule has 2 rings (SSSR count). The van der Waals surface area contributed by atoms with Gasteiger partial charge in [-0.25, -0.2) is 14.2 Å². The monoisotopic (exact) mass is 265 g/mol. The van der Waals surface area contributed by atoms with E-state index >= 15 is 0 Å². The molecule has 0 spiro atoms. The number of benzene rings is 1. The van der Waals surface area contributed by atoms with Gasteiger partial charge in [0, 0.05) is 5.56 Å². The summed E-state index contributed by atoms with van der Waals surface area (Å²) in [4.78, 5) is 14.5. The van der Waals surface area contributed by atoms with Crippen molar-refractivity contribution < 1.29 is 23.4 Å². The Balaban J connectivity index is 2.03. The Morgan fingerprint density at radius 2 is 2.16 bits per heavy atom. The van der Waals surface area contributed by atoms with Gasteiger partial charge in [-0.2, -0.15) is 0 Å². The van der Waals surface area contributed by atoms with Gasteiger partial charge < -0.3 is 14.3 Å². The number of carbonyl (C=O) groups is 1. The summed E-state index contributed by atoms with van der Waals surface area (Å²) in [5.41, 5.74) is 0.687. The predicted octanol–water partition coefficient (Wildman–Crippen LogP) is 2.47. The van der Waals surface area contributed by atoms with E-state index in [-0.39, 0.29) is 18.3 Å². The fourth-order valence-electron chi connectivity index (χ4n) is 1.39. The molecule has 0 aliphatic rings. The summed E-state index contributed by atoms with van der Waals surface area (Å²) in [7, 11) is 0. The van der Waals surface area contributed by atoms with Crippen LogP contribution >= 0.6 is 0 Å². The van der Waals surface area contributed by atoms with Crippen LogP contribution in [0, 0.1) is 5.82 Å². The molecule has 0 radical (unpaired) electrons. The summed E-state index contributed by atoms with van der Waals surface area (Å²) >= 11 is 0. The standard InChI is InChI=1S/C13H12FNO4/c1-8(13(16)17)18-7-12-15-6-11(19-12)9-2-4-10(14)5-3-9/h2-6,8H,7H2,1H3,(H,16,17). The van der Waals surface area contributed by atoms with Crippen molar-refractivity contribution in [2.24, 2.45) is 0 Å². The van der Waals surface area contributed by atoms with Crippen molar-refractivity contribution in [2.75, 3.05) is 0 Å². The van der Waals surface area contributed by atoms with Crippen LogP contribution in [0.25, 0.3) is 11.3 Å². The normalized spacial score (nSPS) is 12.3. The Kier molecular flexibility index (Phi) is 3.91. The molecule has 0 aliphatic heterocycles.